The van der Waals surface area contributed by atoms with Gasteiger partial charge in [-0.1, -0.05) is 12.1 Å². The van der Waals surface area contributed by atoms with Crippen LogP contribution in [0.2, 0.25) is 0 Å². The maximum atomic E-state index is 12.5. The van der Waals surface area contributed by atoms with Crippen LogP contribution in [-0.2, 0) is 11.2 Å². The van der Waals surface area contributed by atoms with Gasteiger partial charge in [0, 0.05) is 38.5 Å². The van der Waals surface area contributed by atoms with E-state index in [4.69, 9.17) is 19.4 Å². The van der Waals surface area contributed by atoms with Crippen LogP contribution >= 0.6 is 0 Å². The number of hydrogen-bond acceptors (Lipinski definition) is 7. The molecule has 0 radical (unpaired) electrons. The Bertz CT molecular complexity index is 1180. The summed E-state index contributed by atoms with van der Waals surface area (Å²) < 4.78 is 10.7. The average Bonchev–Trinajstić information content (AvgIpc) is 2.90. The van der Waals surface area contributed by atoms with Crippen LogP contribution in [0.1, 0.15) is 37.7 Å². The van der Waals surface area contributed by atoms with Gasteiger partial charge in [-0.25, -0.2) is 4.98 Å². The molecule has 192 valence electrons. The number of fused-ring (bicyclic) bond motifs is 1. The number of ether oxygens (including phenoxy) is 2. The topological polar surface area (TPSA) is 88.6 Å². The molecule has 8 heteroatoms. The van der Waals surface area contributed by atoms with Crippen LogP contribution in [0.4, 0.5) is 11.8 Å². The van der Waals surface area contributed by atoms with E-state index in [0.29, 0.717) is 30.7 Å². The number of aryl methyl sites for hydroxylation is 1. The zero-order valence-electron chi connectivity index (χ0n) is 21.7. The molecule has 2 aromatic carbocycles. The first-order chi connectivity index (χ1) is 17.5. The minimum atomic E-state index is 0.0703. The van der Waals surface area contributed by atoms with Crippen molar-refractivity contribution in [2.24, 2.45) is 5.92 Å². The monoisotopic (exact) mass is 491 g/mol. The third-order valence-electron chi connectivity index (χ3n) is 6.88. The third kappa shape index (κ3) is 6.36. The maximum Gasteiger partial charge on any atom is 0.225 e. The van der Waals surface area contributed by atoms with E-state index in [1.165, 1.54) is 0 Å². The first kappa shape index (κ1) is 25.5. The van der Waals surface area contributed by atoms with E-state index in [2.05, 4.69) is 16.7 Å². The van der Waals surface area contributed by atoms with E-state index in [1.54, 1.807) is 14.2 Å². The molecule has 0 saturated heterocycles. The normalized spacial score (nSPS) is 17.4. The maximum absolute atomic E-state index is 12.5. The van der Waals surface area contributed by atoms with Crippen molar-refractivity contribution in [3.05, 3.63) is 48.0 Å². The standard InChI is InChI=1S/C28H37N5O3/c1-33(2)27-23-7-5-6-8-24(23)31-28(32-27)30-21-12-9-19(10-13-21)18-29-26(34)16-11-20-17-22(35-3)14-15-25(20)36-4/h5-8,14-15,17,19,21H,9-13,16,18H2,1-4H3,(H,29,34)(H,30,31,32). The van der Waals surface area contributed by atoms with Gasteiger partial charge in [0.25, 0.3) is 0 Å². The lowest BCUT2D eigenvalue weighted by Gasteiger charge is -2.29. The SMILES string of the molecule is COc1ccc(OC)c(CCC(=O)NCC2CCC(Nc3nc(N(C)C)c4ccccc4n3)CC2)c1. The number of nitrogens with zero attached hydrogens (tertiary/aromatic N) is 3. The van der Waals surface area contributed by atoms with E-state index in [0.717, 1.165) is 66.0 Å². The molecule has 0 spiro atoms. The molecule has 8 nitrogen and oxygen atoms in total. The number of carbonyl (C=O) groups is 1. The van der Waals surface area contributed by atoms with Gasteiger partial charge in [-0.05, 0) is 73.9 Å². The molecule has 1 aromatic heterocycles. The van der Waals surface area contributed by atoms with Crippen LogP contribution in [-0.4, -0.2) is 56.8 Å². The Morgan fingerprint density at radius 2 is 1.81 bits per heavy atom. The summed E-state index contributed by atoms with van der Waals surface area (Å²) in [5.74, 6) is 3.72. The Balaban J connectivity index is 1.24. The van der Waals surface area contributed by atoms with Gasteiger partial charge in [0.2, 0.25) is 11.9 Å². The molecular formula is C28H37N5O3. The van der Waals surface area contributed by atoms with Crippen LogP contribution in [0.5, 0.6) is 11.5 Å². The van der Waals surface area contributed by atoms with Crippen molar-refractivity contribution in [3.63, 3.8) is 0 Å². The van der Waals surface area contributed by atoms with Gasteiger partial charge in [0.05, 0.1) is 19.7 Å². The molecule has 4 rings (SSSR count). The van der Waals surface area contributed by atoms with Crippen molar-refractivity contribution in [3.8, 4) is 11.5 Å². The molecular weight excluding hydrogens is 454 g/mol. The summed E-state index contributed by atoms with van der Waals surface area (Å²) in [7, 11) is 7.29. The van der Waals surface area contributed by atoms with Gasteiger partial charge < -0.3 is 25.0 Å². The molecule has 2 N–H and O–H groups in total. The summed E-state index contributed by atoms with van der Waals surface area (Å²) in [6.07, 6.45) is 5.24. The lowest BCUT2D eigenvalue weighted by atomic mass is 9.86. The smallest absolute Gasteiger partial charge is 0.225 e. The van der Waals surface area contributed by atoms with Gasteiger partial charge in [0.15, 0.2) is 0 Å². The molecule has 1 amide bonds. The Labute approximate surface area is 213 Å². The minimum Gasteiger partial charge on any atom is -0.497 e. The zero-order valence-corrected chi connectivity index (χ0v) is 21.7. The Hall–Kier alpha value is -3.55. The van der Waals surface area contributed by atoms with Gasteiger partial charge in [-0.15, -0.1) is 0 Å². The molecule has 1 saturated carbocycles. The van der Waals surface area contributed by atoms with Crippen molar-refractivity contribution < 1.29 is 14.3 Å². The van der Waals surface area contributed by atoms with E-state index in [9.17, 15) is 4.79 Å². The summed E-state index contributed by atoms with van der Waals surface area (Å²) in [6, 6.07) is 14.1. The molecule has 0 atom stereocenters. The first-order valence-corrected chi connectivity index (χ1v) is 12.6. The van der Waals surface area contributed by atoms with Gasteiger partial charge in [-0.3, -0.25) is 4.79 Å². The lowest BCUT2D eigenvalue weighted by molar-refractivity contribution is -0.121. The van der Waals surface area contributed by atoms with E-state index in [1.807, 2.05) is 55.4 Å². The summed E-state index contributed by atoms with van der Waals surface area (Å²) in [5.41, 5.74) is 1.92. The predicted molar refractivity (Wildman–Crippen MR) is 144 cm³/mol. The predicted octanol–water partition coefficient (Wildman–Crippen LogP) is 4.43. The number of amides is 1. The van der Waals surface area contributed by atoms with Crippen molar-refractivity contribution in [1.29, 1.82) is 0 Å². The second kappa shape index (κ2) is 11.9. The summed E-state index contributed by atoms with van der Waals surface area (Å²) in [5, 5.41) is 7.74. The zero-order chi connectivity index (χ0) is 25.5. The molecule has 1 aliphatic carbocycles. The lowest BCUT2D eigenvalue weighted by Crippen LogP contribution is -2.34. The summed E-state index contributed by atoms with van der Waals surface area (Å²) in [4.78, 5) is 24.0. The number of aromatic nitrogens is 2. The fourth-order valence-electron chi connectivity index (χ4n) is 4.83. The summed E-state index contributed by atoms with van der Waals surface area (Å²) >= 11 is 0. The number of carbonyl (C=O) groups excluding carboxylic acids is 1. The fraction of sp³-hybridized carbons (Fsp3) is 0.464. The van der Waals surface area contributed by atoms with E-state index < -0.39 is 0 Å². The second-order valence-electron chi connectivity index (χ2n) is 9.63. The van der Waals surface area contributed by atoms with E-state index >= 15 is 0 Å². The van der Waals surface area contributed by atoms with Crippen LogP contribution in [0, 0.1) is 5.92 Å². The molecule has 0 unspecified atom stereocenters. The molecule has 1 aliphatic rings. The highest BCUT2D eigenvalue weighted by Gasteiger charge is 2.23. The minimum absolute atomic E-state index is 0.0703. The van der Waals surface area contributed by atoms with Crippen molar-refractivity contribution in [2.45, 2.75) is 44.6 Å². The van der Waals surface area contributed by atoms with Crippen molar-refractivity contribution in [2.75, 3.05) is 45.1 Å². The third-order valence-corrected chi connectivity index (χ3v) is 6.88. The number of nitrogens with one attached hydrogen (secondary N) is 2. The Morgan fingerprint density at radius 3 is 2.53 bits per heavy atom. The Morgan fingerprint density at radius 1 is 1.03 bits per heavy atom. The molecule has 3 aromatic rings. The number of benzene rings is 2. The molecule has 0 bridgehead atoms. The van der Waals surface area contributed by atoms with Gasteiger partial charge in [-0.2, -0.15) is 4.98 Å². The molecule has 1 heterocycles. The molecule has 36 heavy (non-hydrogen) atoms. The number of rotatable bonds is 10. The number of hydrogen-bond donors (Lipinski definition) is 2. The first-order valence-electron chi connectivity index (χ1n) is 12.6. The molecule has 0 aliphatic heterocycles. The highest BCUT2D eigenvalue weighted by Crippen LogP contribution is 2.28. The Kier molecular flexibility index (Phi) is 8.46. The average molecular weight is 492 g/mol. The second-order valence-corrected chi connectivity index (χ2v) is 9.63. The van der Waals surface area contributed by atoms with Gasteiger partial charge >= 0.3 is 0 Å². The van der Waals surface area contributed by atoms with Crippen LogP contribution < -0.4 is 25.0 Å². The number of methoxy groups -OCH3 is 2. The highest BCUT2D eigenvalue weighted by atomic mass is 16.5. The van der Waals surface area contributed by atoms with Crippen LogP contribution in [0.25, 0.3) is 10.9 Å². The van der Waals surface area contributed by atoms with E-state index in [-0.39, 0.29) is 5.91 Å². The van der Waals surface area contributed by atoms with Crippen molar-refractivity contribution in [1.82, 2.24) is 15.3 Å². The largest absolute Gasteiger partial charge is 0.497 e. The van der Waals surface area contributed by atoms with Crippen LogP contribution in [0.15, 0.2) is 42.5 Å². The van der Waals surface area contributed by atoms with Gasteiger partial charge in [0.1, 0.15) is 17.3 Å². The molecule has 1 fully saturated rings. The summed E-state index contributed by atoms with van der Waals surface area (Å²) in [6.45, 7) is 0.720. The number of anilines is 2. The number of para-hydroxylation sites is 1. The highest BCUT2D eigenvalue weighted by molar-refractivity contribution is 5.90. The fourth-order valence-corrected chi connectivity index (χ4v) is 4.83. The van der Waals surface area contributed by atoms with Crippen molar-refractivity contribution >= 4 is 28.6 Å². The quantitative estimate of drug-likeness (QED) is 0.434. The van der Waals surface area contributed by atoms with Crippen LogP contribution in [0.3, 0.4) is 0 Å².